The molecule has 0 aromatic carbocycles. The molecule has 8 heteroatoms. The van der Waals surface area contributed by atoms with Gasteiger partial charge in [0.15, 0.2) is 5.75 Å². The first kappa shape index (κ1) is 14.1. The van der Waals surface area contributed by atoms with Gasteiger partial charge in [-0.3, -0.25) is 4.79 Å². The van der Waals surface area contributed by atoms with Crippen molar-refractivity contribution in [3.05, 3.63) is 22.4 Å². The van der Waals surface area contributed by atoms with E-state index in [0.29, 0.717) is 5.56 Å². The Morgan fingerprint density at radius 1 is 1.65 bits per heavy atom. The van der Waals surface area contributed by atoms with Gasteiger partial charge in [0.05, 0.1) is 13.2 Å². The van der Waals surface area contributed by atoms with Gasteiger partial charge >= 0.3 is 5.97 Å². The Morgan fingerprint density at radius 2 is 2.35 bits per heavy atom. The highest BCUT2D eigenvalue weighted by Gasteiger charge is 2.18. The van der Waals surface area contributed by atoms with Crippen LogP contribution in [0.25, 0.3) is 0 Å². The molecule has 0 spiro atoms. The van der Waals surface area contributed by atoms with Crippen molar-refractivity contribution < 1.29 is 23.1 Å². The normalized spacial score (nSPS) is 13.3. The van der Waals surface area contributed by atoms with E-state index >= 15 is 0 Å². The van der Waals surface area contributed by atoms with Gasteiger partial charge in [0.1, 0.15) is 0 Å². The summed E-state index contributed by atoms with van der Waals surface area (Å²) in [5.74, 6) is -1.60. The Balaban J connectivity index is 2.47. The van der Waals surface area contributed by atoms with Crippen molar-refractivity contribution in [1.82, 2.24) is 4.72 Å². The molecule has 0 saturated heterocycles. The number of aliphatic hydroxyl groups excluding tert-OH is 1. The maximum atomic E-state index is 11.4. The minimum absolute atomic E-state index is 0.171. The lowest BCUT2D eigenvalue weighted by Gasteiger charge is -2.10. The van der Waals surface area contributed by atoms with Crippen LogP contribution in [-0.4, -0.2) is 38.9 Å². The zero-order valence-corrected chi connectivity index (χ0v) is 10.8. The predicted octanol–water partition coefficient (Wildman–Crippen LogP) is -0.126. The monoisotopic (exact) mass is 279 g/mol. The second kappa shape index (κ2) is 6.10. The van der Waals surface area contributed by atoms with Crippen LogP contribution < -0.4 is 4.72 Å². The number of carbonyl (C=O) groups is 1. The molecule has 96 valence electrons. The van der Waals surface area contributed by atoms with Gasteiger partial charge in [-0.2, -0.15) is 11.3 Å². The lowest BCUT2D eigenvalue weighted by molar-refractivity contribution is -0.137. The van der Waals surface area contributed by atoms with Crippen molar-refractivity contribution in [3.8, 4) is 0 Å². The van der Waals surface area contributed by atoms with Crippen LogP contribution in [0, 0.1) is 0 Å². The summed E-state index contributed by atoms with van der Waals surface area (Å²) < 4.78 is 29.1. The fourth-order valence-electron chi connectivity index (χ4n) is 1.05. The molecule has 0 fully saturated rings. The van der Waals surface area contributed by atoms with Gasteiger partial charge in [0.2, 0.25) is 10.0 Å². The van der Waals surface area contributed by atoms with Gasteiger partial charge in [-0.15, -0.1) is 0 Å². The number of carbonyl (C=O) groups excluding carboxylic acids is 1. The molecular weight excluding hydrogens is 266 g/mol. The summed E-state index contributed by atoms with van der Waals surface area (Å²) in [6.07, 6.45) is -0.923. The van der Waals surface area contributed by atoms with E-state index < -0.39 is 27.8 Å². The number of methoxy groups -OCH3 is 1. The quantitative estimate of drug-likeness (QED) is 0.708. The smallest absolute Gasteiger partial charge is 0.322 e. The van der Waals surface area contributed by atoms with Crippen molar-refractivity contribution >= 4 is 27.3 Å². The van der Waals surface area contributed by atoms with Crippen molar-refractivity contribution in [3.63, 3.8) is 0 Å². The maximum absolute atomic E-state index is 11.4. The highest BCUT2D eigenvalue weighted by atomic mass is 32.2. The molecule has 6 nitrogen and oxygen atoms in total. The number of aliphatic hydroxyl groups is 1. The molecule has 0 aliphatic rings. The molecule has 0 aliphatic carbocycles. The molecule has 0 radical (unpaired) electrons. The van der Waals surface area contributed by atoms with E-state index in [1.807, 2.05) is 0 Å². The third kappa shape index (κ3) is 4.82. The Kier molecular flexibility index (Phi) is 5.06. The predicted molar refractivity (Wildman–Crippen MR) is 63.1 cm³/mol. The van der Waals surface area contributed by atoms with Crippen molar-refractivity contribution in [2.75, 3.05) is 19.4 Å². The highest BCUT2D eigenvalue weighted by molar-refractivity contribution is 7.90. The number of esters is 1. The molecule has 1 atom stereocenters. The summed E-state index contributed by atoms with van der Waals surface area (Å²) in [6.45, 7) is -0.171. The van der Waals surface area contributed by atoms with Gasteiger partial charge in [-0.05, 0) is 22.4 Å². The molecule has 0 bridgehead atoms. The average Bonchev–Trinajstić information content (AvgIpc) is 2.78. The zero-order chi connectivity index (χ0) is 12.9. The lowest BCUT2D eigenvalue weighted by atomic mass is 10.2. The minimum atomic E-state index is -3.76. The number of ether oxygens (including phenoxy) is 1. The van der Waals surface area contributed by atoms with Gasteiger partial charge in [0.25, 0.3) is 0 Å². The van der Waals surface area contributed by atoms with Crippen molar-refractivity contribution in [2.24, 2.45) is 0 Å². The topological polar surface area (TPSA) is 92.7 Å². The Hall–Kier alpha value is -0.960. The summed E-state index contributed by atoms with van der Waals surface area (Å²) in [6, 6.07) is 1.70. The summed E-state index contributed by atoms with van der Waals surface area (Å²) in [5.41, 5.74) is 0.635. The van der Waals surface area contributed by atoms with Crippen LogP contribution in [-0.2, 0) is 19.6 Å². The van der Waals surface area contributed by atoms with Crippen LogP contribution >= 0.6 is 11.3 Å². The number of hydrogen-bond acceptors (Lipinski definition) is 6. The van der Waals surface area contributed by atoms with Gasteiger partial charge < -0.3 is 9.84 Å². The summed E-state index contributed by atoms with van der Waals surface area (Å²) in [7, 11) is -2.65. The van der Waals surface area contributed by atoms with E-state index in [4.69, 9.17) is 0 Å². The molecule has 1 unspecified atom stereocenters. The second-order valence-electron chi connectivity index (χ2n) is 3.26. The summed E-state index contributed by atoms with van der Waals surface area (Å²) in [5, 5.41) is 13.1. The van der Waals surface area contributed by atoms with E-state index in [1.54, 1.807) is 16.8 Å². The van der Waals surface area contributed by atoms with Crippen LogP contribution in [0.4, 0.5) is 0 Å². The first-order valence-corrected chi connectivity index (χ1v) is 7.28. The minimum Gasteiger partial charge on any atom is -0.468 e. The van der Waals surface area contributed by atoms with Crippen LogP contribution in [0.3, 0.4) is 0 Å². The first-order valence-electron chi connectivity index (χ1n) is 4.69. The highest BCUT2D eigenvalue weighted by Crippen LogP contribution is 2.15. The second-order valence-corrected chi connectivity index (χ2v) is 5.84. The fourth-order valence-corrected chi connectivity index (χ4v) is 2.70. The van der Waals surface area contributed by atoms with E-state index in [0.717, 1.165) is 7.11 Å². The molecule has 0 aliphatic heterocycles. The van der Waals surface area contributed by atoms with E-state index in [2.05, 4.69) is 9.46 Å². The largest absolute Gasteiger partial charge is 0.468 e. The molecule has 1 aromatic rings. The number of nitrogens with one attached hydrogen (secondary N) is 1. The Bertz CT molecular complexity index is 454. The number of sulfonamides is 1. The van der Waals surface area contributed by atoms with E-state index in [1.165, 1.54) is 11.3 Å². The number of thiophene rings is 1. The molecule has 1 heterocycles. The summed E-state index contributed by atoms with van der Waals surface area (Å²) in [4.78, 5) is 10.8. The van der Waals surface area contributed by atoms with Crippen LogP contribution in [0.2, 0.25) is 0 Å². The maximum Gasteiger partial charge on any atom is 0.322 e. The van der Waals surface area contributed by atoms with E-state index in [9.17, 15) is 18.3 Å². The molecule has 0 amide bonds. The molecule has 17 heavy (non-hydrogen) atoms. The number of rotatable bonds is 6. The molecule has 1 aromatic heterocycles. The summed E-state index contributed by atoms with van der Waals surface area (Å²) >= 11 is 1.40. The van der Waals surface area contributed by atoms with Gasteiger partial charge in [-0.1, -0.05) is 0 Å². The standard InChI is InChI=1S/C9H13NO5S2/c1-15-9(12)6-17(13,14)10-4-8(11)7-2-3-16-5-7/h2-3,5,8,10-11H,4,6H2,1H3. The lowest BCUT2D eigenvalue weighted by Crippen LogP contribution is -2.33. The van der Waals surface area contributed by atoms with Gasteiger partial charge in [0, 0.05) is 6.54 Å². The van der Waals surface area contributed by atoms with Crippen molar-refractivity contribution in [2.45, 2.75) is 6.10 Å². The fraction of sp³-hybridized carbons (Fsp3) is 0.444. The third-order valence-corrected chi connectivity index (χ3v) is 3.88. The Labute approximate surface area is 103 Å². The van der Waals surface area contributed by atoms with E-state index in [-0.39, 0.29) is 6.54 Å². The first-order chi connectivity index (χ1) is 7.94. The van der Waals surface area contributed by atoms with Crippen LogP contribution in [0.5, 0.6) is 0 Å². The molecule has 0 saturated carbocycles. The Morgan fingerprint density at radius 3 is 2.88 bits per heavy atom. The van der Waals surface area contributed by atoms with Crippen LogP contribution in [0.1, 0.15) is 11.7 Å². The van der Waals surface area contributed by atoms with Gasteiger partial charge in [-0.25, -0.2) is 13.1 Å². The number of hydrogen-bond donors (Lipinski definition) is 2. The van der Waals surface area contributed by atoms with Crippen LogP contribution in [0.15, 0.2) is 16.8 Å². The van der Waals surface area contributed by atoms with Crippen molar-refractivity contribution in [1.29, 1.82) is 0 Å². The zero-order valence-electron chi connectivity index (χ0n) is 9.12. The SMILES string of the molecule is COC(=O)CS(=O)(=O)NCC(O)c1ccsc1. The molecule has 2 N–H and O–H groups in total. The third-order valence-electron chi connectivity index (χ3n) is 1.96. The molecule has 1 rings (SSSR count). The molecular formula is C9H13NO5S2. The average molecular weight is 279 g/mol.